The van der Waals surface area contributed by atoms with E-state index >= 15 is 0 Å². The van der Waals surface area contributed by atoms with Gasteiger partial charge in [-0.1, -0.05) is 0 Å². The van der Waals surface area contributed by atoms with Crippen LogP contribution in [0.25, 0.3) is 0 Å². The van der Waals surface area contributed by atoms with Gasteiger partial charge in [0.05, 0.1) is 12.7 Å². The highest BCUT2D eigenvalue weighted by Crippen LogP contribution is 2.32. The zero-order valence-corrected chi connectivity index (χ0v) is 16.0. The number of carbonyl (C=O) groups is 3. The topological polar surface area (TPSA) is 102 Å². The summed E-state index contributed by atoms with van der Waals surface area (Å²) in [6.45, 7) is 6.56. The Morgan fingerprint density at radius 1 is 1.23 bits per heavy atom. The Balaban J connectivity index is 1.89. The van der Waals surface area contributed by atoms with Crippen molar-refractivity contribution in [1.29, 1.82) is 0 Å². The average Bonchev–Trinajstić information content (AvgIpc) is 3.14. The monoisotopic (exact) mass is 378 g/mol. The lowest BCUT2D eigenvalue weighted by Gasteiger charge is -2.08. The van der Waals surface area contributed by atoms with Crippen molar-refractivity contribution in [1.82, 2.24) is 14.9 Å². The van der Waals surface area contributed by atoms with Gasteiger partial charge < -0.3 is 19.9 Å². The first-order chi connectivity index (χ1) is 12.3. The van der Waals surface area contributed by atoms with E-state index in [-0.39, 0.29) is 5.56 Å². The van der Waals surface area contributed by atoms with E-state index in [2.05, 4.69) is 15.6 Å². The first-order valence-corrected chi connectivity index (χ1v) is 8.92. The molecule has 0 radical (unpaired) electrons. The molecule has 2 rings (SSSR count). The molecule has 0 aliphatic rings. The largest absolute Gasteiger partial charge is 0.465 e. The Labute approximate surface area is 155 Å². The number of ether oxygens (including phenoxy) is 1. The Kier molecular flexibility index (Phi) is 6.51. The van der Waals surface area contributed by atoms with Crippen LogP contribution in [0.5, 0.6) is 0 Å². The molecule has 0 aromatic carbocycles. The van der Waals surface area contributed by atoms with E-state index in [1.165, 1.54) is 18.4 Å². The summed E-state index contributed by atoms with van der Waals surface area (Å²) in [6.07, 6.45) is 4.24. The van der Waals surface area contributed by atoms with Gasteiger partial charge in [-0.05, 0) is 32.8 Å². The predicted octanol–water partition coefficient (Wildman–Crippen LogP) is 1.80. The second-order valence-corrected chi connectivity index (χ2v) is 6.94. The van der Waals surface area contributed by atoms with Crippen LogP contribution >= 0.6 is 11.3 Å². The minimum Gasteiger partial charge on any atom is -0.465 e. The molecule has 0 saturated heterocycles. The van der Waals surface area contributed by atoms with Gasteiger partial charge in [0.2, 0.25) is 0 Å². The molecular weight excluding hydrogens is 356 g/mol. The van der Waals surface area contributed by atoms with Crippen molar-refractivity contribution in [3.05, 3.63) is 34.2 Å². The molecule has 2 heterocycles. The van der Waals surface area contributed by atoms with E-state index in [0.29, 0.717) is 24.5 Å². The normalized spacial score (nSPS) is 10.5. The van der Waals surface area contributed by atoms with Crippen molar-refractivity contribution < 1.29 is 19.1 Å². The van der Waals surface area contributed by atoms with Crippen LogP contribution in [0.2, 0.25) is 0 Å². The van der Waals surface area contributed by atoms with Crippen LogP contribution in [0.1, 0.15) is 33.0 Å². The Hall–Kier alpha value is -2.68. The Morgan fingerprint density at radius 2 is 1.96 bits per heavy atom. The second-order valence-electron chi connectivity index (χ2n) is 5.71. The summed E-state index contributed by atoms with van der Waals surface area (Å²) in [5.41, 5.74) is 1.01. The smallest absolute Gasteiger partial charge is 0.341 e. The van der Waals surface area contributed by atoms with E-state index in [9.17, 15) is 14.4 Å². The highest BCUT2D eigenvalue weighted by molar-refractivity contribution is 7.17. The molecule has 2 amide bonds. The highest BCUT2D eigenvalue weighted by Gasteiger charge is 2.23. The molecule has 8 nitrogen and oxygen atoms in total. The number of imidazole rings is 1. The van der Waals surface area contributed by atoms with Crippen molar-refractivity contribution >= 4 is 34.1 Å². The summed E-state index contributed by atoms with van der Waals surface area (Å²) in [5, 5.41) is 5.40. The maximum absolute atomic E-state index is 12.1. The van der Waals surface area contributed by atoms with E-state index in [0.717, 1.165) is 16.3 Å². The molecular formula is C17H22N4O4S. The number of nitrogens with one attached hydrogen (secondary N) is 2. The van der Waals surface area contributed by atoms with Gasteiger partial charge >= 0.3 is 17.8 Å². The molecule has 9 heteroatoms. The van der Waals surface area contributed by atoms with Gasteiger partial charge in [-0.3, -0.25) is 9.59 Å². The van der Waals surface area contributed by atoms with Crippen LogP contribution in [-0.4, -0.2) is 41.0 Å². The SMILES string of the molecule is COC(=O)c1c(NC(=O)C(=O)NCCCn2ccnc2C)sc(C)c1C. The summed E-state index contributed by atoms with van der Waals surface area (Å²) in [6, 6.07) is 0. The molecule has 2 aromatic heterocycles. The standard InChI is InChI=1S/C17H22N4O4S/c1-10-11(2)26-16(13(10)17(24)25-4)20-15(23)14(22)19-6-5-8-21-9-7-18-12(21)3/h7,9H,5-6,8H2,1-4H3,(H,19,22)(H,20,23). The molecule has 0 atom stereocenters. The predicted molar refractivity (Wildman–Crippen MR) is 98.4 cm³/mol. The van der Waals surface area contributed by atoms with Gasteiger partial charge in [-0.2, -0.15) is 0 Å². The first-order valence-electron chi connectivity index (χ1n) is 8.10. The number of esters is 1. The number of carbonyl (C=O) groups excluding carboxylic acids is 3. The van der Waals surface area contributed by atoms with Gasteiger partial charge in [0.15, 0.2) is 0 Å². The van der Waals surface area contributed by atoms with Crippen molar-refractivity contribution in [2.24, 2.45) is 0 Å². The molecule has 2 N–H and O–H groups in total. The van der Waals surface area contributed by atoms with Crippen LogP contribution < -0.4 is 10.6 Å². The van der Waals surface area contributed by atoms with E-state index in [4.69, 9.17) is 4.74 Å². The van der Waals surface area contributed by atoms with Crippen LogP contribution in [0.3, 0.4) is 0 Å². The van der Waals surface area contributed by atoms with Crippen molar-refractivity contribution in [2.45, 2.75) is 33.7 Å². The van der Waals surface area contributed by atoms with Crippen LogP contribution in [0, 0.1) is 20.8 Å². The summed E-state index contributed by atoms with van der Waals surface area (Å²) in [5.74, 6) is -1.20. The minimum absolute atomic E-state index is 0.284. The number of aryl methyl sites for hydroxylation is 3. The number of nitrogens with zero attached hydrogens (tertiary/aromatic N) is 2. The molecule has 0 bridgehead atoms. The zero-order chi connectivity index (χ0) is 19.3. The number of anilines is 1. The lowest BCUT2D eigenvalue weighted by molar-refractivity contribution is -0.136. The van der Waals surface area contributed by atoms with Crippen LogP contribution in [0.15, 0.2) is 12.4 Å². The van der Waals surface area contributed by atoms with Gasteiger partial charge in [0.25, 0.3) is 0 Å². The molecule has 0 spiro atoms. The van der Waals surface area contributed by atoms with Crippen LogP contribution in [0.4, 0.5) is 5.00 Å². The van der Waals surface area contributed by atoms with Gasteiger partial charge in [-0.25, -0.2) is 9.78 Å². The number of hydrogen-bond donors (Lipinski definition) is 2. The fourth-order valence-electron chi connectivity index (χ4n) is 2.39. The number of amides is 2. The van der Waals surface area contributed by atoms with Crippen molar-refractivity contribution in [3.63, 3.8) is 0 Å². The maximum atomic E-state index is 12.1. The molecule has 140 valence electrons. The molecule has 26 heavy (non-hydrogen) atoms. The van der Waals surface area contributed by atoms with Crippen molar-refractivity contribution in [3.8, 4) is 0 Å². The third-order valence-electron chi connectivity index (χ3n) is 3.99. The fourth-order valence-corrected chi connectivity index (χ4v) is 3.44. The average molecular weight is 378 g/mol. The third-order valence-corrected chi connectivity index (χ3v) is 5.12. The van der Waals surface area contributed by atoms with Gasteiger partial charge in [-0.15, -0.1) is 11.3 Å². The van der Waals surface area contributed by atoms with E-state index in [1.807, 2.05) is 24.6 Å². The molecule has 2 aromatic rings. The Morgan fingerprint density at radius 3 is 2.58 bits per heavy atom. The summed E-state index contributed by atoms with van der Waals surface area (Å²) in [7, 11) is 1.27. The van der Waals surface area contributed by atoms with E-state index in [1.54, 1.807) is 13.1 Å². The van der Waals surface area contributed by atoms with Crippen LogP contribution in [-0.2, 0) is 20.9 Å². The molecule has 0 fully saturated rings. The maximum Gasteiger partial charge on any atom is 0.341 e. The molecule has 0 aliphatic heterocycles. The summed E-state index contributed by atoms with van der Waals surface area (Å²) >= 11 is 1.24. The number of thiophene rings is 1. The highest BCUT2D eigenvalue weighted by atomic mass is 32.1. The number of rotatable bonds is 6. The number of hydrogen-bond acceptors (Lipinski definition) is 6. The number of methoxy groups -OCH3 is 1. The minimum atomic E-state index is -0.810. The Bertz CT molecular complexity index is 825. The fraction of sp³-hybridized carbons (Fsp3) is 0.412. The van der Waals surface area contributed by atoms with Crippen molar-refractivity contribution in [2.75, 3.05) is 19.0 Å². The van der Waals surface area contributed by atoms with Gasteiger partial charge in [0, 0.05) is 30.4 Å². The lowest BCUT2D eigenvalue weighted by atomic mass is 10.1. The zero-order valence-electron chi connectivity index (χ0n) is 15.2. The summed E-state index contributed by atoms with van der Waals surface area (Å²) < 4.78 is 6.71. The molecule has 0 unspecified atom stereocenters. The first kappa shape index (κ1) is 19.6. The second kappa shape index (κ2) is 8.61. The van der Waals surface area contributed by atoms with E-state index < -0.39 is 17.8 Å². The third kappa shape index (κ3) is 4.48. The molecule has 0 aliphatic carbocycles. The molecule has 0 saturated carbocycles. The quantitative estimate of drug-likeness (QED) is 0.453. The number of aromatic nitrogens is 2. The van der Waals surface area contributed by atoms with Gasteiger partial charge in [0.1, 0.15) is 10.8 Å². The lowest BCUT2D eigenvalue weighted by Crippen LogP contribution is -2.36. The summed E-state index contributed by atoms with van der Waals surface area (Å²) in [4.78, 5) is 40.9.